The van der Waals surface area contributed by atoms with Crippen molar-refractivity contribution in [2.45, 2.75) is 64.2 Å². The number of aliphatic carboxylic acids is 1. The summed E-state index contributed by atoms with van der Waals surface area (Å²) in [6, 6.07) is 12.2. The zero-order valence-corrected chi connectivity index (χ0v) is 28.3. The Labute approximate surface area is 277 Å². The number of hydrogen-bond donors (Lipinski definition) is 1. The molecular formula is C35H38ClN5O4S. The maximum Gasteiger partial charge on any atom is 0.337 e. The van der Waals surface area contributed by atoms with Gasteiger partial charge in [0.05, 0.1) is 40.8 Å². The van der Waals surface area contributed by atoms with Crippen LogP contribution in [0.4, 0.5) is 0 Å². The minimum Gasteiger partial charge on any atom is -0.479 e. The van der Waals surface area contributed by atoms with Crippen molar-refractivity contribution in [2.75, 3.05) is 26.3 Å². The zero-order valence-electron chi connectivity index (χ0n) is 26.7. The Bertz CT molecular complexity index is 1940. The Balaban J connectivity index is 1.33. The second kappa shape index (κ2) is 12.0. The molecule has 2 fully saturated rings. The number of halogens is 1. The molecule has 0 saturated carbocycles. The van der Waals surface area contributed by atoms with Crippen LogP contribution in [0.5, 0.6) is 0 Å². The van der Waals surface area contributed by atoms with Crippen LogP contribution in [-0.4, -0.2) is 73.7 Å². The van der Waals surface area contributed by atoms with Crippen molar-refractivity contribution in [1.29, 1.82) is 0 Å². The van der Waals surface area contributed by atoms with E-state index in [1.165, 1.54) is 11.3 Å². The second-order valence-corrected chi connectivity index (χ2v) is 14.8. The SMILES string of the molecule is Cc1cc2nc(-c3cnc4c(c3)c(C3CCN(C5COC5)CC3)nn4C)sc2c(-c2ccc(Cl)cc2)c1C(OC(C)(C)C)C(=O)O. The average molecular weight is 660 g/mol. The fourth-order valence-corrected chi connectivity index (χ4v) is 7.95. The van der Waals surface area contributed by atoms with Crippen LogP contribution in [0.1, 0.15) is 62.5 Å². The fourth-order valence-electron chi connectivity index (χ4n) is 6.72. The minimum absolute atomic E-state index is 0.367. The standard InChI is InChI=1S/C35H38ClN5O4S/c1-19-14-26-31(28(20-6-8-23(36)9-7-20)27(19)30(34(42)43)45-35(2,3)4)46-33(38-26)22-15-25-29(39-40(5)32(25)37-16-22)21-10-12-41(13-11-21)24-17-44-18-24/h6-9,14-16,21,24,30H,10-13,17-18H2,1-5H3,(H,42,43). The van der Waals surface area contributed by atoms with E-state index < -0.39 is 17.7 Å². The van der Waals surface area contributed by atoms with Gasteiger partial charge in [0.15, 0.2) is 11.8 Å². The second-order valence-electron chi connectivity index (χ2n) is 13.4. The van der Waals surface area contributed by atoms with Crippen LogP contribution in [0.2, 0.25) is 5.02 Å². The molecule has 1 unspecified atom stereocenters. The highest BCUT2D eigenvalue weighted by atomic mass is 35.5. The third-order valence-corrected chi connectivity index (χ3v) is 10.4. The number of nitrogens with zero attached hydrogens (tertiary/aromatic N) is 5. The molecule has 2 aliphatic rings. The van der Waals surface area contributed by atoms with Crippen LogP contribution >= 0.6 is 22.9 Å². The molecule has 0 amide bonds. The van der Waals surface area contributed by atoms with Crippen molar-refractivity contribution in [1.82, 2.24) is 24.6 Å². The van der Waals surface area contributed by atoms with Crippen molar-refractivity contribution in [2.24, 2.45) is 7.05 Å². The average Bonchev–Trinajstić information content (AvgIpc) is 3.55. The van der Waals surface area contributed by atoms with Crippen LogP contribution in [0, 0.1) is 6.92 Å². The van der Waals surface area contributed by atoms with E-state index in [-0.39, 0.29) is 0 Å². The van der Waals surface area contributed by atoms with Gasteiger partial charge in [-0.25, -0.2) is 14.8 Å². The number of likely N-dealkylation sites (tertiary alicyclic amines) is 1. The molecule has 9 nitrogen and oxygen atoms in total. The van der Waals surface area contributed by atoms with E-state index in [0.717, 1.165) is 93.4 Å². The number of piperidine rings is 1. The molecule has 5 aromatic rings. The number of hydrogen-bond acceptors (Lipinski definition) is 8. The topological polar surface area (TPSA) is 103 Å². The van der Waals surface area contributed by atoms with Crippen LogP contribution in [-0.2, 0) is 21.3 Å². The third-order valence-electron chi connectivity index (χ3n) is 9.03. The van der Waals surface area contributed by atoms with E-state index in [2.05, 4.69) is 11.0 Å². The predicted molar refractivity (Wildman–Crippen MR) is 182 cm³/mol. The number of rotatable bonds is 7. The molecule has 0 aliphatic carbocycles. The fraction of sp³-hybridized carbons (Fsp3) is 0.429. The highest BCUT2D eigenvalue weighted by Gasteiger charge is 2.34. The molecule has 0 spiro atoms. The number of carboxylic acid groups (broad SMARTS) is 1. The number of thiazole rings is 1. The Morgan fingerprint density at radius 1 is 1.13 bits per heavy atom. The molecular weight excluding hydrogens is 622 g/mol. The first-order chi connectivity index (χ1) is 22.0. The van der Waals surface area contributed by atoms with Gasteiger partial charge in [0.1, 0.15) is 5.01 Å². The van der Waals surface area contributed by atoms with Crippen molar-refractivity contribution in [3.8, 4) is 21.7 Å². The number of fused-ring (bicyclic) bond motifs is 2. The lowest BCUT2D eigenvalue weighted by Gasteiger charge is -2.41. The summed E-state index contributed by atoms with van der Waals surface area (Å²) in [6.45, 7) is 11.3. The summed E-state index contributed by atoms with van der Waals surface area (Å²) in [4.78, 5) is 25.2. The largest absolute Gasteiger partial charge is 0.479 e. The molecule has 2 aromatic carbocycles. The minimum atomic E-state index is -1.17. The van der Waals surface area contributed by atoms with Gasteiger partial charge in [0.25, 0.3) is 0 Å². The number of carbonyl (C=O) groups is 1. The number of pyridine rings is 1. The van der Waals surface area contributed by atoms with Crippen LogP contribution in [0.15, 0.2) is 42.6 Å². The van der Waals surface area contributed by atoms with Crippen LogP contribution in [0.25, 0.3) is 42.9 Å². The monoisotopic (exact) mass is 659 g/mol. The molecule has 240 valence electrons. The smallest absolute Gasteiger partial charge is 0.337 e. The lowest BCUT2D eigenvalue weighted by atomic mass is 9.91. The molecule has 3 aromatic heterocycles. The first kappa shape index (κ1) is 31.2. The van der Waals surface area contributed by atoms with Gasteiger partial charge in [-0.2, -0.15) is 5.10 Å². The molecule has 2 aliphatic heterocycles. The summed E-state index contributed by atoms with van der Waals surface area (Å²) < 4.78 is 14.4. The maximum absolute atomic E-state index is 12.7. The summed E-state index contributed by atoms with van der Waals surface area (Å²) >= 11 is 7.81. The molecule has 1 N–H and O–H groups in total. The van der Waals surface area contributed by atoms with Crippen molar-refractivity contribution >= 4 is 50.2 Å². The number of aromatic nitrogens is 4. The Morgan fingerprint density at radius 2 is 1.85 bits per heavy atom. The highest BCUT2D eigenvalue weighted by molar-refractivity contribution is 7.22. The first-order valence-corrected chi connectivity index (χ1v) is 16.9. The predicted octanol–water partition coefficient (Wildman–Crippen LogP) is 7.39. The van der Waals surface area contributed by atoms with Gasteiger partial charge in [0.2, 0.25) is 0 Å². The van der Waals surface area contributed by atoms with E-state index in [1.54, 1.807) is 0 Å². The molecule has 7 rings (SSSR count). The zero-order chi connectivity index (χ0) is 32.3. The summed E-state index contributed by atoms with van der Waals surface area (Å²) in [5.41, 5.74) is 6.06. The van der Waals surface area contributed by atoms with Crippen molar-refractivity contribution in [3.63, 3.8) is 0 Å². The van der Waals surface area contributed by atoms with E-state index >= 15 is 0 Å². The Morgan fingerprint density at radius 3 is 2.48 bits per heavy atom. The number of benzene rings is 2. The molecule has 11 heteroatoms. The summed E-state index contributed by atoms with van der Waals surface area (Å²) in [5.74, 6) is -0.672. The summed E-state index contributed by atoms with van der Waals surface area (Å²) in [5, 5.41) is 17.8. The Hall–Kier alpha value is -3.41. The van der Waals surface area contributed by atoms with Gasteiger partial charge in [-0.3, -0.25) is 9.58 Å². The third kappa shape index (κ3) is 5.82. The van der Waals surface area contributed by atoms with Gasteiger partial charge in [-0.1, -0.05) is 23.7 Å². The molecule has 2 saturated heterocycles. The van der Waals surface area contributed by atoms with E-state index in [9.17, 15) is 9.90 Å². The van der Waals surface area contributed by atoms with Gasteiger partial charge in [0, 0.05) is 46.3 Å². The van der Waals surface area contributed by atoms with E-state index in [4.69, 9.17) is 36.1 Å². The number of ether oxygens (including phenoxy) is 2. The quantitative estimate of drug-likeness (QED) is 0.193. The summed E-state index contributed by atoms with van der Waals surface area (Å²) in [6.07, 6.45) is 2.81. The van der Waals surface area contributed by atoms with Gasteiger partial charge >= 0.3 is 5.97 Å². The lowest BCUT2D eigenvalue weighted by molar-refractivity contribution is -0.160. The van der Waals surface area contributed by atoms with Gasteiger partial charge in [-0.15, -0.1) is 11.3 Å². The maximum atomic E-state index is 12.7. The van der Waals surface area contributed by atoms with E-state index in [0.29, 0.717) is 22.5 Å². The molecule has 1 atom stereocenters. The van der Waals surface area contributed by atoms with Crippen LogP contribution < -0.4 is 0 Å². The molecule has 0 bridgehead atoms. The normalized spacial score (nSPS) is 17.5. The van der Waals surface area contributed by atoms with Gasteiger partial charge < -0.3 is 14.6 Å². The lowest BCUT2D eigenvalue weighted by Crippen LogP contribution is -2.51. The Kier molecular flexibility index (Phi) is 8.13. The van der Waals surface area contributed by atoms with Crippen molar-refractivity contribution in [3.05, 3.63) is 64.4 Å². The number of aryl methyl sites for hydroxylation is 2. The first-order valence-electron chi connectivity index (χ1n) is 15.7. The summed E-state index contributed by atoms with van der Waals surface area (Å²) in [7, 11) is 1.96. The molecule has 0 radical (unpaired) electrons. The number of carboxylic acids is 1. The van der Waals surface area contributed by atoms with Crippen LogP contribution in [0.3, 0.4) is 0 Å². The van der Waals surface area contributed by atoms with E-state index in [1.807, 2.05) is 76.0 Å². The highest BCUT2D eigenvalue weighted by Crippen LogP contribution is 2.45. The van der Waals surface area contributed by atoms with Gasteiger partial charge in [-0.05, 0) is 89.0 Å². The van der Waals surface area contributed by atoms with Crippen molar-refractivity contribution < 1.29 is 19.4 Å². The molecule has 5 heterocycles. The molecule has 46 heavy (non-hydrogen) atoms.